The summed E-state index contributed by atoms with van der Waals surface area (Å²) in [4.78, 5) is 24.0. The molecule has 2 heterocycles. The number of morpholine rings is 1. The van der Waals surface area contributed by atoms with Crippen molar-refractivity contribution in [3.8, 4) is 5.88 Å². The molecule has 2 rings (SSSR count). The lowest BCUT2D eigenvalue weighted by Gasteiger charge is -2.28. The summed E-state index contributed by atoms with van der Waals surface area (Å²) in [5.41, 5.74) is -0.208. The van der Waals surface area contributed by atoms with E-state index in [9.17, 15) is 14.7 Å². The Morgan fingerprint density at radius 1 is 1.39 bits per heavy atom. The highest BCUT2D eigenvalue weighted by atomic mass is 32.1. The maximum absolute atomic E-state index is 11.3. The van der Waals surface area contributed by atoms with Crippen molar-refractivity contribution in [2.24, 2.45) is 0 Å². The van der Waals surface area contributed by atoms with E-state index < -0.39 is 17.8 Å². The quantitative estimate of drug-likeness (QED) is 0.321. The monoisotopic (exact) mass is 414 g/mol. The number of anilines is 1. The molecule has 0 spiro atoms. The average molecular weight is 414 g/mol. The van der Waals surface area contributed by atoms with Crippen LogP contribution in [0.3, 0.4) is 0 Å². The number of carboxylic acids is 1. The molecular formula is C17H26N4O6S. The van der Waals surface area contributed by atoms with E-state index in [0.717, 1.165) is 17.8 Å². The second-order valence-electron chi connectivity index (χ2n) is 7.15. The Kier molecular flexibility index (Phi) is 8.15. The summed E-state index contributed by atoms with van der Waals surface area (Å²) in [6, 6.07) is 0. The van der Waals surface area contributed by atoms with E-state index in [4.69, 9.17) is 14.2 Å². The fourth-order valence-corrected chi connectivity index (χ4v) is 2.88. The summed E-state index contributed by atoms with van der Waals surface area (Å²) in [5.74, 6) is -0.758. The van der Waals surface area contributed by atoms with Crippen LogP contribution in [-0.2, 0) is 19.1 Å². The number of hydrogen-bond acceptors (Lipinski definition) is 10. The number of rotatable bonds is 10. The molecule has 1 aliphatic heterocycles. The van der Waals surface area contributed by atoms with Crippen LogP contribution in [0.15, 0.2) is 11.8 Å². The third kappa shape index (κ3) is 7.06. The lowest BCUT2D eigenvalue weighted by Crippen LogP contribution is -2.44. The minimum absolute atomic E-state index is 0.0370. The van der Waals surface area contributed by atoms with Crippen LogP contribution in [0.1, 0.15) is 20.8 Å². The number of carbonyl (C=O) groups is 2. The number of aldehydes is 1. The summed E-state index contributed by atoms with van der Waals surface area (Å²) >= 11 is 1.04. The molecule has 10 nitrogen and oxygen atoms in total. The zero-order chi connectivity index (χ0) is 20.6. The molecule has 156 valence electrons. The van der Waals surface area contributed by atoms with Crippen molar-refractivity contribution in [1.29, 1.82) is 0 Å². The Balaban J connectivity index is 2.05. The van der Waals surface area contributed by atoms with Gasteiger partial charge in [-0.2, -0.15) is 4.37 Å². The zero-order valence-corrected chi connectivity index (χ0v) is 17.0. The van der Waals surface area contributed by atoms with Crippen LogP contribution in [0.5, 0.6) is 5.88 Å². The van der Waals surface area contributed by atoms with Gasteiger partial charge in [-0.05, 0) is 20.8 Å². The average Bonchev–Trinajstić information content (AvgIpc) is 3.11. The maximum atomic E-state index is 11.3. The van der Waals surface area contributed by atoms with Crippen molar-refractivity contribution in [1.82, 2.24) is 14.1 Å². The molecule has 0 unspecified atom stereocenters. The van der Waals surface area contributed by atoms with Crippen LogP contribution in [0, 0.1) is 0 Å². The largest absolute Gasteiger partial charge is 0.478 e. The summed E-state index contributed by atoms with van der Waals surface area (Å²) in [7, 11) is 0. The maximum Gasteiger partial charge on any atom is 0.371 e. The first kappa shape index (κ1) is 22.1. The van der Waals surface area contributed by atoms with Gasteiger partial charge >= 0.3 is 5.97 Å². The number of nitrogens with zero attached hydrogens (tertiary/aromatic N) is 3. The number of hydrogen-bond donors (Lipinski definition) is 2. The molecule has 0 aliphatic carbocycles. The lowest BCUT2D eigenvalue weighted by molar-refractivity contribution is -0.138. The first-order valence-electron chi connectivity index (χ1n) is 8.88. The van der Waals surface area contributed by atoms with E-state index in [0.29, 0.717) is 50.8 Å². The van der Waals surface area contributed by atoms with Crippen molar-refractivity contribution >= 4 is 29.8 Å². The number of nitrogens with one attached hydrogen (secondary N) is 1. The molecule has 0 aromatic carbocycles. The molecule has 1 aliphatic rings. The normalized spacial score (nSPS) is 16.5. The van der Waals surface area contributed by atoms with E-state index in [2.05, 4.69) is 14.1 Å². The van der Waals surface area contributed by atoms with Crippen molar-refractivity contribution < 1.29 is 28.9 Å². The number of carbonyl (C=O) groups excluding carboxylic acids is 1. The topological polar surface area (TPSA) is 123 Å². The highest BCUT2D eigenvalue weighted by molar-refractivity contribution is 6.99. The predicted octanol–water partition coefficient (Wildman–Crippen LogP) is 0.694. The van der Waals surface area contributed by atoms with Crippen molar-refractivity contribution in [3.63, 3.8) is 0 Å². The zero-order valence-electron chi connectivity index (χ0n) is 16.2. The molecule has 1 aromatic rings. The van der Waals surface area contributed by atoms with Crippen LogP contribution < -0.4 is 15.0 Å². The molecule has 1 saturated heterocycles. The first-order chi connectivity index (χ1) is 13.3. The molecule has 0 saturated carbocycles. The van der Waals surface area contributed by atoms with E-state index in [1.165, 1.54) is 0 Å². The Hall–Kier alpha value is -2.24. The third-order valence-electron chi connectivity index (χ3n) is 3.74. The first-order valence-corrected chi connectivity index (χ1v) is 9.61. The number of aliphatic carboxylic acids is 1. The van der Waals surface area contributed by atoms with Gasteiger partial charge in [-0.25, -0.2) is 4.79 Å². The smallest absolute Gasteiger partial charge is 0.371 e. The lowest BCUT2D eigenvalue weighted by atomic mass is 10.1. The van der Waals surface area contributed by atoms with E-state index in [1.807, 2.05) is 25.7 Å². The summed E-state index contributed by atoms with van der Waals surface area (Å²) in [5, 5.41) is 12.4. The van der Waals surface area contributed by atoms with E-state index in [-0.39, 0.29) is 12.1 Å². The van der Waals surface area contributed by atoms with Crippen LogP contribution in [0.2, 0.25) is 0 Å². The Labute approximate surface area is 167 Å². The van der Waals surface area contributed by atoms with Gasteiger partial charge in [0.25, 0.3) is 5.88 Å². The molecular weight excluding hydrogens is 388 g/mol. The van der Waals surface area contributed by atoms with Crippen LogP contribution in [0.4, 0.5) is 5.82 Å². The highest BCUT2D eigenvalue weighted by Crippen LogP contribution is 2.26. The van der Waals surface area contributed by atoms with Crippen LogP contribution in [-0.4, -0.2) is 77.2 Å². The number of ether oxygens (including phenoxy) is 3. The Morgan fingerprint density at radius 2 is 2.11 bits per heavy atom. The second-order valence-corrected chi connectivity index (χ2v) is 7.67. The van der Waals surface area contributed by atoms with Gasteiger partial charge in [-0.15, -0.1) is 4.37 Å². The van der Waals surface area contributed by atoms with Gasteiger partial charge in [0.1, 0.15) is 19.0 Å². The summed E-state index contributed by atoms with van der Waals surface area (Å²) < 4.78 is 25.1. The Morgan fingerprint density at radius 3 is 2.71 bits per heavy atom. The van der Waals surface area contributed by atoms with Gasteiger partial charge in [-0.1, -0.05) is 0 Å². The molecule has 1 atom stereocenters. The van der Waals surface area contributed by atoms with Crippen LogP contribution in [0.25, 0.3) is 0 Å². The van der Waals surface area contributed by atoms with Gasteiger partial charge in [0, 0.05) is 31.2 Å². The molecule has 2 N–H and O–H groups in total. The van der Waals surface area contributed by atoms with Gasteiger partial charge in [-0.3, -0.25) is 4.79 Å². The minimum atomic E-state index is -1.32. The number of aromatic nitrogens is 2. The molecule has 28 heavy (non-hydrogen) atoms. The third-order valence-corrected chi connectivity index (χ3v) is 4.24. The highest BCUT2D eigenvalue weighted by Gasteiger charge is 2.24. The van der Waals surface area contributed by atoms with Gasteiger partial charge in [0.2, 0.25) is 11.6 Å². The minimum Gasteiger partial charge on any atom is -0.478 e. The molecule has 0 amide bonds. The Bertz CT molecular complexity index is 681. The van der Waals surface area contributed by atoms with Crippen LogP contribution >= 0.6 is 11.7 Å². The summed E-state index contributed by atoms with van der Waals surface area (Å²) in [6.07, 6.45) is 0.593. The fourth-order valence-electron chi connectivity index (χ4n) is 2.36. The fraction of sp³-hybridized carbons (Fsp3) is 0.647. The number of allylic oxidation sites excluding steroid dienone is 1. The van der Waals surface area contributed by atoms with Crippen molar-refractivity contribution in [2.45, 2.75) is 32.4 Å². The number of carboxylic acid groups (broad SMARTS) is 1. The van der Waals surface area contributed by atoms with Gasteiger partial charge < -0.3 is 29.5 Å². The standard InChI is InChI=1S/C17H26N4O6S/c1-17(2,3)18-10-12(27-13(4-7-22)16(23)24)11-26-15-14(19-28-20-15)21-5-8-25-9-6-21/h4,7,12,18H,5-6,8-11H2,1-3H3,(H,23,24)/b13-4+/t12-/m0/s1. The van der Waals surface area contributed by atoms with Gasteiger partial charge in [0.05, 0.1) is 24.9 Å². The predicted molar refractivity (Wildman–Crippen MR) is 103 cm³/mol. The molecule has 0 bridgehead atoms. The molecule has 11 heteroatoms. The van der Waals surface area contributed by atoms with E-state index in [1.54, 1.807) is 0 Å². The van der Waals surface area contributed by atoms with Gasteiger partial charge in [0.15, 0.2) is 0 Å². The van der Waals surface area contributed by atoms with E-state index >= 15 is 0 Å². The second kappa shape index (κ2) is 10.3. The molecule has 1 fully saturated rings. The van der Waals surface area contributed by atoms with Crippen molar-refractivity contribution in [3.05, 3.63) is 11.8 Å². The SMILES string of the molecule is CC(C)(C)NC[C@@H](COc1nsnc1N1CCOCC1)O/C(=C/C=O)C(=O)O. The molecule has 0 radical (unpaired) electrons. The summed E-state index contributed by atoms with van der Waals surface area (Å²) in [6.45, 7) is 8.89. The van der Waals surface area contributed by atoms with Crippen molar-refractivity contribution in [2.75, 3.05) is 44.4 Å². The molecule has 1 aromatic heterocycles.